The van der Waals surface area contributed by atoms with Crippen LogP contribution in [-0.4, -0.2) is 22.9 Å². The SMILES string of the molecule is C[C@@H](O)[C@H]1CCC2C3CC=C4CC(CO)CC[C@]4(C)C3CC[C@@]21C. The van der Waals surface area contributed by atoms with Crippen LogP contribution in [0.25, 0.3) is 0 Å². The molecule has 24 heavy (non-hydrogen) atoms. The van der Waals surface area contributed by atoms with E-state index in [9.17, 15) is 10.2 Å². The van der Waals surface area contributed by atoms with E-state index in [2.05, 4.69) is 19.9 Å². The van der Waals surface area contributed by atoms with Crippen molar-refractivity contribution < 1.29 is 10.2 Å². The van der Waals surface area contributed by atoms with Crippen LogP contribution in [0, 0.1) is 40.4 Å². The van der Waals surface area contributed by atoms with E-state index in [4.69, 9.17) is 0 Å². The lowest BCUT2D eigenvalue weighted by molar-refractivity contribution is -0.0650. The van der Waals surface area contributed by atoms with E-state index in [-0.39, 0.29) is 6.10 Å². The molecule has 0 heterocycles. The highest BCUT2D eigenvalue weighted by molar-refractivity contribution is 5.25. The number of fused-ring (bicyclic) bond motifs is 5. The highest BCUT2D eigenvalue weighted by Crippen LogP contribution is 2.66. The van der Waals surface area contributed by atoms with Crippen molar-refractivity contribution in [2.75, 3.05) is 6.61 Å². The maximum Gasteiger partial charge on any atom is 0.0545 e. The quantitative estimate of drug-likeness (QED) is 0.728. The molecule has 0 bridgehead atoms. The largest absolute Gasteiger partial charge is 0.396 e. The minimum Gasteiger partial charge on any atom is -0.396 e. The molecule has 4 aliphatic carbocycles. The molecule has 0 aromatic heterocycles. The Kier molecular flexibility index (Phi) is 4.16. The predicted molar refractivity (Wildman–Crippen MR) is 97.4 cm³/mol. The third kappa shape index (κ3) is 2.28. The van der Waals surface area contributed by atoms with Gasteiger partial charge in [0.05, 0.1) is 6.10 Å². The first kappa shape index (κ1) is 17.1. The molecule has 0 spiro atoms. The van der Waals surface area contributed by atoms with Crippen molar-refractivity contribution in [3.05, 3.63) is 11.6 Å². The van der Waals surface area contributed by atoms with Crippen LogP contribution in [0.2, 0.25) is 0 Å². The van der Waals surface area contributed by atoms with E-state index in [0.717, 1.165) is 24.2 Å². The zero-order valence-electron chi connectivity index (χ0n) is 15.8. The molecule has 2 heteroatoms. The van der Waals surface area contributed by atoms with Gasteiger partial charge >= 0.3 is 0 Å². The average Bonchev–Trinajstić information content (AvgIpc) is 2.91. The number of hydrogen-bond donors (Lipinski definition) is 2. The first-order chi connectivity index (χ1) is 11.4. The summed E-state index contributed by atoms with van der Waals surface area (Å²) in [7, 11) is 0. The van der Waals surface area contributed by atoms with Gasteiger partial charge in [-0.3, -0.25) is 0 Å². The Labute approximate surface area is 147 Å². The number of rotatable bonds is 2. The number of aliphatic hydroxyl groups excluding tert-OH is 2. The summed E-state index contributed by atoms with van der Waals surface area (Å²) in [4.78, 5) is 0. The van der Waals surface area contributed by atoms with E-state index >= 15 is 0 Å². The molecule has 4 aliphatic rings. The minimum atomic E-state index is -0.151. The third-order valence-corrected chi connectivity index (χ3v) is 9.12. The van der Waals surface area contributed by atoms with Gasteiger partial charge in [-0.05, 0) is 98.7 Å². The van der Waals surface area contributed by atoms with Crippen LogP contribution in [0.15, 0.2) is 11.6 Å². The fourth-order valence-corrected chi connectivity index (χ4v) is 7.73. The second-order valence-corrected chi connectivity index (χ2v) is 10.0. The highest BCUT2D eigenvalue weighted by atomic mass is 16.3. The molecule has 4 unspecified atom stereocenters. The minimum absolute atomic E-state index is 0.151. The van der Waals surface area contributed by atoms with Crippen molar-refractivity contribution in [2.24, 2.45) is 40.4 Å². The fraction of sp³-hybridized carbons (Fsp3) is 0.909. The maximum absolute atomic E-state index is 10.3. The van der Waals surface area contributed by atoms with Crippen LogP contribution in [-0.2, 0) is 0 Å². The molecule has 2 nitrogen and oxygen atoms in total. The zero-order chi connectivity index (χ0) is 17.1. The average molecular weight is 333 g/mol. The molecular formula is C22H36O2. The van der Waals surface area contributed by atoms with E-state index in [1.165, 1.54) is 44.9 Å². The number of aliphatic hydroxyl groups is 2. The van der Waals surface area contributed by atoms with E-state index in [1.54, 1.807) is 5.57 Å². The number of allylic oxidation sites excluding steroid dienone is 2. The van der Waals surface area contributed by atoms with Gasteiger partial charge in [-0.2, -0.15) is 0 Å². The summed E-state index contributed by atoms with van der Waals surface area (Å²) in [6.45, 7) is 7.40. The molecule has 0 radical (unpaired) electrons. The molecule has 8 atom stereocenters. The molecule has 2 N–H and O–H groups in total. The molecule has 3 fully saturated rings. The van der Waals surface area contributed by atoms with Crippen LogP contribution < -0.4 is 0 Å². The second kappa shape index (κ2) is 5.84. The topological polar surface area (TPSA) is 40.5 Å². The van der Waals surface area contributed by atoms with Crippen LogP contribution >= 0.6 is 0 Å². The van der Waals surface area contributed by atoms with Gasteiger partial charge in [0, 0.05) is 6.61 Å². The molecule has 4 rings (SSSR count). The van der Waals surface area contributed by atoms with Crippen molar-refractivity contribution in [1.82, 2.24) is 0 Å². The summed E-state index contributed by atoms with van der Waals surface area (Å²) in [6, 6.07) is 0. The standard InChI is InChI=1S/C22H36O2/c1-14(24)18-6-7-19-17-5-4-16-12-15(13-23)8-10-21(16,2)20(17)9-11-22(18,19)3/h4,14-15,17-20,23-24H,5-13H2,1-3H3/t14-,15?,17?,18-,19?,20?,21+,22-/m1/s1. The first-order valence-electron chi connectivity index (χ1n) is 10.4. The molecule has 0 aromatic rings. The molecule has 0 aliphatic heterocycles. The van der Waals surface area contributed by atoms with Crippen molar-refractivity contribution in [2.45, 2.75) is 78.2 Å². The zero-order valence-corrected chi connectivity index (χ0v) is 15.8. The van der Waals surface area contributed by atoms with Crippen LogP contribution in [0.5, 0.6) is 0 Å². The van der Waals surface area contributed by atoms with Gasteiger partial charge in [0.1, 0.15) is 0 Å². The summed E-state index contributed by atoms with van der Waals surface area (Å²) < 4.78 is 0. The van der Waals surface area contributed by atoms with E-state index in [1.807, 2.05) is 6.92 Å². The summed E-state index contributed by atoms with van der Waals surface area (Å²) >= 11 is 0. The van der Waals surface area contributed by atoms with Gasteiger partial charge in [-0.15, -0.1) is 0 Å². The Hall–Kier alpha value is -0.340. The maximum atomic E-state index is 10.3. The lowest BCUT2D eigenvalue weighted by Crippen LogP contribution is -2.51. The van der Waals surface area contributed by atoms with Gasteiger partial charge in [0.15, 0.2) is 0 Å². The lowest BCUT2D eigenvalue weighted by atomic mass is 9.47. The van der Waals surface area contributed by atoms with Crippen molar-refractivity contribution >= 4 is 0 Å². The van der Waals surface area contributed by atoms with E-state index in [0.29, 0.717) is 29.3 Å². The lowest BCUT2D eigenvalue weighted by Gasteiger charge is -2.58. The molecule has 0 saturated heterocycles. The Morgan fingerprint density at radius 3 is 2.62 bits per heavy atom. The monoisotopic (exact) mass is 332 g/mol. The summed E-state index contributed by atoms with van der Waals surface area (Å²) in [5.41, 5.74) is 2.42. The fourth-order valence-electron chi connectivity index (χ4n) is 7.73. The summed E-state index contributed by atoms with van der Waals surface area (Å²) in [5.74, 6) is 3.48. The van der Waals surface area contributed by atoms with Crippen molar-refractivity contribution in [3.8, 4) is 0 Å². The normalized spacial score (nSPS) is 52.0. The molecule has 0 aromatic carbocycles. The molecule has 0 amide bonds. The Morgan fingerprint density at radius 1 is 1.12 bits per heavy atom. The van der Waals surface area contributed by atoms with Crippen LogP contribution in [0.1, 0.15) is 72.1 Å². The van der Waals surface area contributed by atoms with Crippen LogP contribution in [0.3, 0.4) is 0 Å². The first-order valence-corrected chi connectivity index (χ1v) is 10.4. The van der Waals surface area contributed by atoms with Gasteiger partial charge < -0.3 is 10.2 Å². The summed E-state index contributed by atoms with van der Waals surface area (Å²) in [5, 5.41) is 19.9. The Bertz CT molecular complexity index is 524. The Balaban J connectivity index is 1.62. The van der Waals surface area contributed by atoms with Crippen molar-refractivity contribution in [1.29, 1.82) is 0 Å². The van der Waals surface area contributed by atoms with E-state index < -0.39 is 0 Å². The van der Waals surface area contributed by atoms with Gasteiger partial charge in [-0.1, -0.05) is 25.5 Å². The summed E-state index contributed by atoms with van der Waals surface area (Å²) in [6.07, 6.45) is 12.5. The highest BCUT2D eigenvalue weighted by Gasteiger charge is 2.59. The smallest absolute Gasteiger partial charge is 0.0545 e. The third-order valence-electron chi connectivity index (χ3n) is 9.12. The van der Waals surface area contributed by atoms with Crippen LogP contribution in [0.4, 0.5) is 0 Å². The molecule has 3 saturated carbocycles. The number of hydrogen-bond acceptors (Lipinski definition) is 2. The van der Waals surface area contributed by atoms with Gasteiger partial charge in [0.25, 0.3) is 0 Å². The van der Waals surface area contributed by atoms with Gasteiger partial charge in [-0.25, -0.2) is 0 Å². The van der Waals surface area contributed by atoms with Gasteiger partial charge in [0.2, 0.25) is 0 Å². The second-order valence-electron chi connectivity index (χ2n) is 10.0. The predicted octanol–water partition coefficient (Wildman–Crippen LogP) is 4.55. The molecular weight excluding hydrogens is 296 g/mol. The van der Waals surface area contributed by atoms with Crippen molar-refractivity contribution in [3.63, 3.8) is 0 Å². The Morgan fingerprint density at radius 2 is 1.92 bits per heavy atom. The molecule has 136 valence electrons.